The number of esters is 1. The minimum absolute atomic E-state index is 0.0520. The Morgan fingerprint density at radius 3 is 2.59 bits per heavy atom. The van der Waals surface area contributed by atoms with Crippen LogP contribution in [-0.2, 0) is 14.3 Å². The third-order valence-corrected chi connectivity index (χ3v) is 10.4. The summed E-state index contributed by atoms with van der Waals surface area (Å²) in [5, 5.41) is 21.2. The first-order valence-corrected chi connectivity index (χ1v) is 14.0. The highest BCUT2D eigenvalue weighted by Gasteiger charge is 2.64. The van der Waals surface area contributed by atoms with Crippen molar-refractivity contribution in [3.8, 4) is 0 Å². The summed E-state index contributed by atoms with van der Waals surface area (Å²) < 4.78 is 6.20. The highest BCUT2D eigenvalue weighted by molar-refractivity contribution is 5.83. The van der Waals surface area contributed by atoms with E-state index < -0.39 is 12.7 Å². The third-order valence-electron chi connectivity index (χ3n) is 10.4. The fraction of sp³-hybridized carbons (Fsp3) is 0.862. The Bertz CT molecular complexity index is 789. The molecule has 0 radical (unpaired) electrons. The monoisotopic (exact) mass is 474 g/mol. The van der Waals surface area contributed by atoms with Crippen LogP contribution in [0.1, 0.15) is 104 Å². The van der Waals surface area contributed by atoms with E-state index in [9.17, 15) is 19.8 Å². The van der Waals surface area contributed by atoms with Crippen LogP contribution in [0.5, 0.6) is 0 Å². The maximum Gasteiger partial charge on any atom is 0.306 e. The second kappa shape index (κ2) is 10.4. The summed E-state index contributed by atoms with van der Waals surface area (Å²) in [6.45, 7) is 6.20. The van der Waals surface area contributed by atoms with Gasteiger partial charge in [0.05, 0.1) is 6.10 Å². The van der Waals surface area contributed by atoms with Gasteiger partial charge in [-0.1, -0.05) is 58.1 Å². The summed E-state index contributed by atoms with van der Waals surface area (Å²) >= 11 is 0. The van der Waals surface area contributed by atoms with Gasteiger partial charge in [0.2, 0.25) is 0 Å². The van der Waals surface area contributed by atoms with Gasteiger partial charge in [0.1, 0.15) is 12.7 Å². The molecule has 4 aliphatic rings. The van der Waals surface area contributed by atoms with Crippen LogP contribution < -0.4 is 0 Å². The molecule has 2 N–H and O–H groups in total. The lowest BCUT2D eigenvalue weighted by Crippen LogP contribution is -2.60. The van der Waals surface area contributed by atoms with Crippen LogP contribution in [0.15, 0.2) is 11.6 Å². The predicted octanol–water partition coefficient (Wildman–Crippen LogP) is 5.37. The number of ketones is 1. The molecule has 5 nitrogen and oxygen atoms in total. The molecular formula is C29H46O5. The van der Waals surface area contributed by atoms with Gasteiger partial charge in [-0.25, -0.2) is 0 Å². The van der Waals surface area contributed by atoms with Crippen LogP contribution in [0.2, 0.25) is 0 Å². The number of hydrogen-bond acceptors (Lipinski definition) is 5. The second-order valence-corrected chi connectivity index (χ2v) is 12.1. The quantitative estimate of drug-likeness (QED) is 0.267. The van der Waals surface area contributed by atoms with Gasteiger partial charge in [-0.3, -0.25) is 9.59 Å². The van der Waals surface area contributed by atoms with E-state index >= 15 is 0 Å². The maximum atomic E-state index is 12.8. The molecule has 0 heterocycles. The molecular weight excluding hydrogens is 428 g/mol. The number of rotatable bonds is 9. The van der Waals surface area contributed by atoms with E-state index in [2.05, 4.69) is 26.8 Å². The van der Waals surface area contributed by atoms with Crippen LogP contribution >= 0.6 is 0 Å². The third kappa shape index (κ3) is 4.40. The molecule has 1 unspecified atom stereocenters. The van der Waals surface area contributed by atoms with E-state index in [0.717, 1.165) is 51.4 Å². The van der Waals surface area contributed by atoms with Crippen molar-refractivity contribution in [3.63, 3.8) is 0 Å². The van der Waals surface area contributed by atoms with E-state index in [1.165, 1.54) is 24.8 Å². The number of carbonyl (C=O) groups is 2. The number of fused-ring (bicyclic) bond motifs is 5. The highest BCUT2D eigenvalue weighted by atomic mass is 16.5. The molecule has 0 spiro atoms. The normalized spacial score (nSPS) is 41.1. The van der Waals surface area contributed by atoms with Crippen molar-refractivity contribution in [2.45, 2.75) is 116 Å². The molecule has 3 saturated carbocycles. The molecule has 0 aromatic carbocycles. The van der Waals surface area contributed by atoms with E-state index in [0.29, 0.717) is 24.7 Å². The molecule has 192 valence electrons. The Kier molecular flexibility index (Phi) is 7.93. The minimum atomic E-state index is -0.527. The molecule has 3 fully saturated rings. The Balaban J connectivity index is 1.52. The van der Waals surface area contributed by atoms with Crippen molar-refractivity contribution >= 4 is 11.8 Å². The van der Waals surface area contributed by atoms with Crippen LogP contribution in [0, 0.1) is 34.5 Å². The van der Waals surface area contributed by atoms with Crippen molar-refractivity contribution in [1.82, 2.24) is 0 Å². The lowest BCUT2D eigenvalue weighted by molar-refractivity contribution is -0.180. The van der Waals surface area contributed by atoms with Gasteiger partial charge in [-0.15, -0.1) is 0 Å². The van der Waals surface area contributed by atoms with Gasteiger partial charge < -0.3 is 14.9 Å². The fourth-order valence-corrected chi connectivity index (χ4v) is 8.77. The van der Waals surface area contributed by atoms with Crippen molar-refractivity contribution in [1.29, 1.82) is 0 Å². The summed E-state index contributed by atoms with van der Waals surface area (Å²) in [5.41, 5.74) is 0.778. The zero-order valence-corrected chi connectivity index (χ0v) is 21.6. The van der Waals surface area contributed by atoms with E-state index in [1.807, 2.05) is 0 Å². The molecule has 0 aliphatic heterocycles. The highest BCUT2D eigenvalue weighted by Crippen LogP contribution is 2.67. The Labute approximate surface area is 205 Å². The smallest absolute Gasteiger partial charge is 0.306 e. The van der Waals surface area contributed by atoms with Crippen molar-refractivity contribution < 1.29 is 24.5 Å². The Morgan fingerprint density at radius 2 is 1.85 bits per heavy atom. The lowest BCUT2D eigenvalue weighted by atomic mass is 9.45. The van der Waals surface area contributed by atoms with E-state index in [1.54, 1.807) is 0 Å². The maximum absolute atomic E-state index is 12.8. The van der Waals surface area contributed by atoms with E-state index in [4.69, 9.17) is 4.74 Å². The van der Waals surface area contributed by atoms with Crippen LogP contribution in [-0.4, -0.2) is 40.8 Å². The first-order chi connectivity index (χ1) is 16.3. The summed E-state index contributed by atoms with van der Waals surface area (Å²) in [6.07, 6.45) is 13.8. The van der Waals surface area contributed by atoms with Crippen molar-refractivity contribution in [2.75, 3.05) is 6.61 Å². The van der Waals surface area contributed by atoms with Gasteiger partial charge in [0, 0.05) is 23.7 Å². The predicted molar refractivity (Wildman–Crippen MR) is 132 cm³/mol. The average Bonchev–Trinajstić information content (AvgIpc) is 3.15. The number of aliphatic hydroxyl groups excluding tert-OH is 2. The molecule has 0 saturated heterocycles. The first kappa shape index (κ1) is 25.9. The number of allylic oxidation sites excluding steroid dienone is 1. The van der Waals surface area contributed by atoms with Gasteiger partial charge in [-0.2, -0.15) is 0 Å². The van der Waals surface area contributed by atoms with Crippen molar-refractivity contribution in [2.24, 2.45) is 34.5 Å². The molecule has 4 aliphatic carbocycles. The van der Waals surface area contributed by atoms with Crippen molar-refractivity contribution in [3.05, 3.63) is 11.6 Å². The molecule has 8 atom stereocenters. The fourth-order valence-electron chi connectivity index (χ4n) is 8.77. The number of aliphatic hydroxyl groups is 2. The first-order valence-electron chi connectivity index (χ1n) is 14.0. The zero-order chi connectivity index (χ0) is 24.5. The summed E-state index contributed by atoms with van der Waals surface area (Å²) in [7, 11) is 0. The number of Topliss-reactive ketones (excluding diaryl/α,β-unsaturated/α-hetero) is 1. The number of ether oxygens (including phenoxy) is 1. The molecule has 4 rings (SSSR count). The molecule has 0 aromatic heterocycles. The topological polar surface area (TPSA) is 83.8 Å². The molecule has 34 heavy (non-hydrogen) atoms. The van der Waals surface area contributed by atoms with Crippen LogP contribution in [0.3, 0.4) is 0 Å². The number of hydrogen-bond donors (Lipinski definition) is 2. The Hall–Kier alpha value is -1.20. The SMILES string of the molecule is CCCCCCCC(=O)OC1CCC=C2CC[C@@H]3[C@H]([C@@H](O)C[C@]4(C)[C@@H](C(=O)CO)CC[C@@H]34)[C@]21C. The van der Waals surface area contributed by atoms with Gasteiger partial charge in [0.25, 0.3) is 0 Å². The lowest BCUT2D eigenvalue weighted by Gasteiger charge is -2.61. The van der Waals surface area contributed by atoms with Gasteiger partial charge in [-0.05, 0) is 68.6 Å². The standard InChI is InChI=1S/C29H46O5/c1-4-5-6-7-8-12-26(33)34-25-11-9-10-19-13-14-20-21-15-16-22(24(32)18-30)28(21,2)17-23(31)27(20)29(19,25)3/h10,20-23,25,27,30-31H,4-9,11-18H2,1-3H3/t20-,21-,22+,23-,25?,27+,28-,29+/m0/s1. The summed E-state index contributed by atoms with van der Waals surface area (Å²) in [4.78, 5) is 25.4. The zero-order valence-electron chi connectivity index (χ0n) is 21.6. The average molecular weight is 475 g/mol. The largest absolute Gasteiger partial charge is 0.461 e. The number of unbranched alkanes of at least 4 members (excludes halogenated alkanes) is 4. The molecule has 0 amide bonds. The molecule has 5 heteroatoms. The van der Waals surface area contributed by atoms with Crippen LogP contribution in [0.25, 0.3) is 0 Å². The molecule has 0 aromatic rings. The minimum Gasteiger partial charge on any atom is -0.461 e. The number of carbonyl (C=O) groups excluding carboxylic acids is 2. The molecule has 0 bridgehead atoms. The van der Waals surface area contributed by atoms with Gasteiger partial charge >= 0.3 is 5.97 Å². The summed E-state index contributed by atoms with van der Waals surface area (Å²) in [6, 6.07) is 0. The summed E-state index contributed by atoms with van der Waals surface area (Å²) in [5.74, 6) is 0.432. The van der Waals surface area contributed by atoms with Crippen LogP contribution in [0.4, 0.5) is 0 Å². The van der Waals surface area contributed by atoms with Gasteiger partial charge in [0.15, 0.2) is 5.78 Å². The second-order valence-electron chi connectivity index (χ2n) is 12.1. The Morgan fingerprint density at radius 1 is 1.09 bits per heavy atom. The van der Waals surface area contributed by atoms with E-state index in [-0.39, 0.29) is 40.5 Å².